The first-order chi connectivity index (χ1) is 9.83. The van der Waals surface area contributed by atoms with Gasteiger partial charge in [-0.25, -0.2) is 0 Å². The average molecular weight is 278 g/mol. The van der Waals surface area contributed by atoms with Crippen molar-refractivity contribution in [3.8, 4) is 5.75 Å². The van der Waals surface area contributed by atoms with Gasteiger partial charge in [0.25, 0.3) is 0 Å². The summed E-state index contributed by atoms with van der Waals surface area (Å²) in [4.78, 5) is 4.55. The van der Waals surface area contributed by atoms with Crippen LogP contribution < -0.4 is 10.1 Å². The summed E-state index contributed by atoms with van der Waals surface area (Å²) in [6, 6.07) is 4.45. The quantitative estimate of drug-likeness (QED) is 0.832. The molecule has 1 saturated heterocycles. The summed E-state index contributed by atoms with van der Waals surface area (Å²) in [6.07, 6.45) is 6.25. The van der Waals surface area contributed by atoms with Crippen LogP contribution in [-0.2, 0) is 4.74 Å². The highest BCUT2D eigenvalue weighted by molar-refractivity contribution is 5.22. The molecule has 112 valence electrons. The van der Waals surface area contributed by atoms with Crippen molar-refractivity contribution in [2.45, 2.75) is 51.7 Å². The molecule has 1 atom stereocenters. The molecule has 2 rings (SSSR count). The third-order valence-electron chi connectivity index (χ3n) is 3.64. The fraction of sp³-hybridized carbons (Fsp3) is 0.688. The first kappa shape index (κ1) is 15.3. The molecule has 20 heavy (non-hydrogen) atoms. The van der Waals surface area contributed by atoms with E-state index in [4.69, 9.17) is 9.47 Å². The number of hydrogen-bond acceptors (Lipinski definition) is 4. The minimum Gasteiger partial charge on any atom is -0.489 e. The Morgan fingerprint density at radius 2 is 2.15 bits per heavy atom. The minimum atomic E-state index is 0.275. The fourth-order valence-electron chi connectivity index (χ4n) is 2.43. The third kappa shape index (κ3) is 4.46. The molecule has 1 aliphatic heterocycles. The lowest BCUT2D eigenvalue weighted by Crippen LogP contribution is -2.26. The maximum atomic E-state index is 5.94. The number of nitrogens with one attached hydrogen (secondary N) is 1. The van der Waals surface area contributed by atoms with Gasteiger partial charge in [0, 0.05) is 18.9 Å². The second kappa shape index (κ2) is 8.22. The zero-order valence-electron chi connectivity index (χ0n) is 12.6. The molecule has 1 aromatic heterocycles. The monoisotopic (exact) mass is 278 g/mol. The van der Waals surface area contributed by atoms with Crippen molar-refractivity contribution in [2.24, 2.45) is 0 Å². The van der Waals surface area contributed by atoms with Crippen LogP contribution in [0.15, 0.2) is 18.3 Å². The predicted octanol–water partition coefficient (Wildman–Crippen LogP) is 3.09. The molecular weight excluding hydrogens is 252 g/mol. The van der Waals surface area contributed by atoms with E-state index in [9.17, 15) is 0 Å². The van der Waals surface area contributed by atoms with E-state index in [2.05, 4.69) is 30.2 Å². The highest BCUT2D eigenvalue weighted by Gasteiger charge is 2.16. The van der Waals surface area contributed by atoms with E-state index in [0.29, 0.717) is 6.04 Å². The molecule has 1 aliphatic rings. The van der Waals surface area contributed by atoms with Gasteiger partial charge in [0.05, 0.1) is 25.1 Å². The van der Waals surface area contributed by atoms with Gasteiger partial charge >= 0.3 is 0 Å². The normalized spacial score (nSPS) is 17.9. The Morgan fingerprint density at radius 1 is 1.35 bits per heavy atom. The maximum absolute atomic E-state index is 5.94. The standard InChI is InChI=1S/C16H26N2O2/c1-3-9-17-15(4-2)16-6-5-14(12-18-16)20-13-7-10-19-11-8-13/h5-6,12-13,15,17H,3-4,7-11H2,1-2H3. The van der Waals surface area contributed by atoms with Crippen LogP contribution in [0.2, 0.25) is 0 Å². The number of nitrogens with zero attached hydrogens (tertiary/aromatic N) is 1. The van der Waals surface area contributed by atoms with E-state index in [1.165, 1.54) is 0 Å². The average Bonchev–Trinajstić information content (AvgIpc) is 2.50. The summed E-state index contributed by atoms with van der Waals surface area (Å²) in [5.74, 6) is 0.867. The van der Waals surface area contributed by atoms with Crippen molar-refractivity contribution in [1.82, 2.24) is 10.3 Å². The molecule has 2 heterocycles. The molecule has 0 radical (unpaired) electrons. The second-order valence-corrected chi connectivity index (χ2v) is 5.26. The molecule has 1 N–H and O–H groups in total. The van der Waals surface area contributed by atoms with Crippen molar-refractivity contribution in [3.05, 3.63) is 24.0 Å². The highest BCUT2D eigenvalue weighted by atomic mass is 16.5. The van der Waals surface area contributed by atoms with Crippen LogP contribution >= 0.6 is 0 Å². The van der Waals surface area contributed by atoms with Crippen molar-refractivity contribution in [2.75, 3.05) is 19.8 Å². The predicted molar refractivity (Wildman–Crippen MR) is 80.0 cm³/mol. The summed E-state index contributed by atoms with van der Waals surface area (Å²) >= 11 is 0. The Kier molecular flexibility index (Phi) is 6.27. The van der Waals surface area contributed by atoms with Crippen LogP contribution in [0, 0.1) is 0 Å². The van der Waals surface area contributed by atoms with E-state index >= 15 is 0 Å². The molecule has 0 bridgehead atoms. The summed E-state index contributed by atoms with van der Waals surface area (Å²) in [7, 11) is 0. The number of rotatable bonds is 7. The SMILES string of the molecule is CCCNC(CC)c1ccc(OC2CCOCC2)cn1. The summed E-state index contributed by atoms with van der Waals surface area (Å²) in [6.45, 7) is 6.99. The topological polar surface area (TPSA) is 43.4 Å². The lowest BCUT2D eigenvalue weighted by Gasteiger charge is -2.23. The molecule has 0 saturated carbocycles. The molecule has 1 aromatic rings. The van der Waals surface area contributed by atoms with Crippen molar-refractivity contribution in [3.63, 3.8) is 0 Å². The lowest BCUT2D eigenvalue weighted by atomic mass is 10.1. The first-order valence-corrected chi connectivity index (χ1v) is 7.77. The molecule has 1 unspecified atom stereocenters. The zero-order chi connectivity index (χ0) is 14.2. The molecule has 0 aliphatic carbocycles. The molecular formula is C16H26N2O2. The van der Waals surface area contributed by atoms with Gasteiger partial charge < -0.3 is 14.8 Å². The third-order valence-corrected chi connectivity index (χ3v) is 3.64. The van der Waals surface area contributed by atoms with Crippen LogP contribution in [0.1, 0.15) is 51.3 Å². The highest BCUT2D eigenvalue weighted by Crippen LogP contribution is 2.20. The first-order valence-electron chi connectivity index (χ1n) is 7.77. The van der Waals surface area contributed by atoms with Crippen LogP contribution in [0.3, 0.4) is 0 Å². The Morgan fingerprint density at radius 3 is 2.75 bits per heavy atom. The van der Waals surface area contributed by atoms with Crippen LogP contribution in [0.25, 0.3) is 0 Å². The van der Waals surface area contributed by atoms with Crippen molar-refractivity contribution in [1.29, 1.82) is 0 Å². The Bertz CT molecular complexity index is 375. The number of aromatic nitrogens is 1. The lowest BCUT2D eigenvalue weighted by molar-refractivity contribution is 0.0254. The molecule has 0 spiro atoms. The summed E-state index contributed by atoms with van der Waals surface area (Å²) < 4.78 is 11.3. The van der Waals surface area contributed by atoms with Crippen LogP contribution in [0.5, 0.6) is 5.75 Å². The number of pyridine rings is 1. The molecule has 4 nitrogen and oxygen atoms in total. The van der Waals surface area contributed by atoms with Crippen LogP contribution in [0.4, 0.5) is 0 Å². The smallest absolute Gasteiger partial charge is 0.138 e. The van der Waals surface area contributed by atoms with Crippen LogP contribution in [-0.4, -0.2) is 30.8 Å². The van der Waals surface area contributed by atoms with Gasteiger partial charge in [0.15, 0.2) is 0 Å². The largest absolute Gasteiger partial charge is 0.489 e. The summed E-state index contributed by atoms with van der Waals surface area (Å²) in [5.41, 5.74) is 1.10. The van der Waals surface area contributed by atoms with E-state index in [1.54, 1.807) is 0 Å². The van der Waals surface area contributed by atoms with Gasteiger partial charge in [-0.05, 0) is 31.5 Å². The Labute approximate surface area is 121 Å². The van der Waals surface area contributed by atoms with Gasteiger partial charge in [0.1, 0.15) is 11.9 Å². The molecule has 0 amide bonds. The van der Waals surface area contributed by atoms with Gasteiger partial charge in [-0.1, -0.05) is 13.8 Å². The number of hydrogen-bond donors (Lipinski definition) is 1. The Hall–Kier alpha value is -1.13. The van der Waals surface area contributed by atoms with E-state index in [1.807, 2.05) is 12.3 Å². The number of ether oxygens (including phenoxy) is 2. The zero-order valence-corrected chi connectivity index (χ0v) is 12.6. The second-order valence-electron chi connectivity index (χ2n) is 5.26. The molecule has 4 heteroatoms. The van der Waals surface area contributed by atoms with Crippen molar-refractivity contribution < 1.29 is 9.47 Å². The summed E-state index contributed by atoms with van der Waals surface area (Å²) in [5, 5.41) is 3.52. The van der Waals surface area contributed by atoms with E-state index in [-0.39, 0.29) is 6.10 Å². The van der Waals surface area contributed by atoms with E-state index < -0.39 is 0 Å². The molecule has 1 fully saturated rings. The minimum absolute atomic E-state index is 0.275. The van der Waals surface area contributed by atoms with Gasteiger partial charge in [-0.3, -0.25) is 4.98 Å². The maximum Gasteiger partial charge on any atom is 0.138 e. The van der Waals surface area contributed by atoms with Gasteiger partial charge in [-0.2, -0.15) is 0 Å². The fourth-order valence-corrected chi connectivity index (χ4v) is 2.43. The van der Waals surface area contributed by atoms with Crippen molar-refractivity contribution >= 4 is 0 Å². The van der Waals surface area contributed by atoms with E-state index in [0.717, 1.165) is 56.9 Å². The van der Waals surface area contributed by atoms with Gasteiger partial charge in [0.2, 0.25) is 0 Å². The van der Waals surface area contributed by atoms with Gasteiger partial charge in [-0.15, -0.1) is 0 Å². The Balaban J connectivity index is 1.90. The molecule has 0 aromatic carbocycles.